The highest BCUT2D eigenvalue weighted by molar-refractivity contribution is 9.10. The normalized spacial score (nSPS) is 12.3. The van der Waals surface area contributed by atoms with E-state index in [0.717, 1.165) is 12.1 Å². The first-order valence-electron chi connectivity index (χ1n) is 6.36. The van der Waals surface area contributed by atoms with Crippen LogP contribution in [-0.4, -0.2) is 24.7 Å². The number of hydrogen-bond acceptors (Lipinski definition) is 2. The molecule has 3 nitrogen and oxygen atoms in total. The maximum Gasteiger partial charge on any atom is 0.416 e. The molecule has 0 heterocycles. The van der Waals surface area contributed by atoms with Crippen molar-refractivity contribution in [2.24, 2.45) is 0 Å². The van der Waals surface area contributed by atoms with E-state index in [0.29, 0.717) is 11.1 Å². The van der Waals surface area contributed by atoms with E-state index in [9.17, 15) is 18.0 Å². The zero-order chi connectivity index (χ0) is 16.3. The summed E-state index contributed by atoms with van der Waals surface area (Å²) in [5.74, 6) is -0.583. The van der Waals surface area contributed by atoms with Crippen LogP contribution < -0.4 is 5.32 Å². The molecule has 118 valence electrons. The third-order valence-electron chi connectivity index (χ3n) is 2.75. The molecule has 0 bridgehead atoms. The van der Waals surface area contributed by atoms with Crippen LogP contribution in [0.15, 0.2) is 22.7 Å². The molecule has 0 unspecified atom stereocenters. The van der Waals surface area contributed by atoms with Gasteiger partial charge in [-0.2, -0.15) is 13.2 Å². The topological polar surface area (TPSA) is 38.3 Å². The molecule has 0 aliphatic carbocycles. The monoisotopic (exact) mass is 367 g/mol. The minimum absolute atomic E-state index is 0.0582. The van der Waals surface area contributed by atoms with Gasteiger partial charge in [0.2, 0.25) is 0 Å². The summed E-state index contributed by atoms with van der Waals surface area (Å²) in [5.41, 5.74) is -1.50. The van der Waals surface area contributed by atoms with Gasteiger partial charge in [-0.3, -0.25) is 4.79 Å². The van der Waals surface area contributed by atoms with Gasteiger partial charge in [0.25, 0.3) is 5.91 Å². The molecule has 1 N–H and O–H groups in total. The first-order chi connectivity index (χ1) is 9.57. The summed E-state index contributed by atoms with van der Waals surface area (Å²) in [6.07, 6.45) is -4.49. The van der Waals surface area contributed by atoms with Gasteiger partial charge in [0.05, 0.1) is 16.7 Å². The third-order valence-corrected chi connectivity index (χ3v) is 3.44. The lowest BCUT2D eigenvalue weighted by Crippen LogP contribution is -2.40. The van der Waals surface area contributed by atoms with Gasteiger partial charge >= 0.3 is 6.18 Å². The largest absolute Gasteiger partial charge is 0.416 e. The fraction of sp³-hybridized carbons (Fsp3) is 0.500. The molecule has 1 amide bonds. The average Bonchev–Trinajstić information content (AvgIpc) is 2.35. The fourth-order valence-corrected chi connectivity index (χ4v) is 2.13. The smallest absolute Gasteiger partial charge is 0.374 e. The first-order valence-corrected chi connectivity index (χ1v) is 7.15. The average molecular weight is 368 g/mol. The van der Waals surface area contributed by atoms with Crippen LogP contribution in [-0.2, 0) is 10.9 Å². The van der Waals surface area contributed by atoms with Crippen LogP contribution in [0.25, 0.3) is 0 Å². The van der Waals surface area contributed by atoms with Crippen molar-refractivity contribution in [1.29, 1.82) is 0 Å². The van der Waals surface area contributed by atoms with E-state index in [1.54, 1.807) is 13.8 Å². The van der Waals surface area contributed by atoms with Crippen LogP contribution in [0.5, 0.6) is 0 Å². The SMILES string of the molecule is CCOC(C)(C)CNC(=O)c1cc(C(F)(F)F)ccc1Br. The van der Waals surface area contributed by atoms with E-state index in [-0.39, 0.29) is 12.1 Å². The van der Waals surface area contributed by atoms with Crippen LogP contribution in [0.3, 0.4) is 0 Å². The van der Waals surface area contributed by atoms with E-state index < -0.39 is 23.2 Å². The summed E-state index contributed by atoms with van der Waals surface area (Å²) < 4.78 is 43.7. The quantitative estimate of drug-likeness (QED) is 0.853. The number of nitrogens with one attached hydrogen (secondary N) is 1. The Labute approximate surface area is 130 Å². The van der Waals surface area contributed by atoms with Crippen molar-refractivity contribution in [3.05, 3.63) is 33.8 Å². The number of hydrogen-bond donors (Lipinski definition) is 1. The number of halogens is 4. The summed E-state index contributed by atoms with van der Waals surface area (Å²) in [4.78, 5) is 12.0. The van der Waals surface area contributed by atoms with Gasteiger partial charge in [0, 0.05) is 17.6 Å². The van der Waals surface area contributed by atoms with Crippen molar-refractivity contribution in [1.82, 2.24) is 5.32 Å². The Balaban J connectivity index is 2.88. The number of alkyl halides is 3. The van der Waals surface area contributed by atoms with Crippen LogP contribution in [0, 0.1) is 0 Å². The molecular weight excluding hydrogens is 351 g/mol. The Kier molecular flexibility index (Phi) is 5.81. The van der Waals surface area contributed by atoms with E-state index in [2.05, 4.69) is 21.2 Å². The van der Waals surface area contributed by atoms with Gasteiger partial charge in [-0.1, -0.05) is 0 Å². The van der Waals surface area contributed by atoms with Crippen molar-refractivity contribution < 1.29 is 22.7 Å². The minimum atomic E-state index is -4.49. The standard InChI is InChI=1S/C14H17BrF3NO2/c1-4-21-13(2,3)8-19-12(20)10-7-9(14(16,17)18)5-6-11(10)15/h5-7H,4,8H2,1-3H3,(H,19,20). The summed E-state index contributed by atoms with van der Waals surface area (Å²) in [6.45, 7) is 6.08. The lowest BCUT2D eigenvalue weighted by Gasteiger charge is -2.25. The highest BCUT2D eigenvalue weighted by Gasteiger charge is 2.31. The maximum atomic E-state index is 12.7. The molecule has 0 aliphatic rings. The molecule has 0 aliphatic heterocycles. The van der Waals surface area contributed by atoms with Gasteiger partial charge < -0.3 is 10.1 Å². The van der Waals surface area contributed by atoms with Crippen molar-refractivity contribution in [2.45, 2.75) is 32.5 Å². The van der Waals surface area contributed by atoms with Crippen molar-refractivity contribution in [3.8, 4) is 0 Å². The van der Waals surface area contributed by atoms with Gasteiger partial charge in [0.15, 0.2) is 0 Å². The Morgan fingerprint density at radius 3 is 2.48 bits per heavy atom. The number of benzene rings is 1. The second-order valence-corrected chi connectivity index (χ2v) is 5.92. The molecule has 0 spiro atoms. The highest BCUT2D eigenvalue weighted by Crippen LogP contribution is 2.31. The molecule has 21 heavy (non-hydrogen) atoms. The number of carbonyl (C=O) groups is 1. The Morgan fingerprint density at radius 1 is 1.33 bits per heavy atom. The Hall–Kier alpha value is -1.08. The molecule has 0 radical (unpaired) electrons. The summed E-state index contributed by atoms with van der Waals surface area (Å²) >= 11 is 3.09. The predicted molar refractivity (Wildman–Crippen MR) is 77.2 cm³/mol. The molecule has 0 saturated carbocycles. The van der Waals surface area contributed by atoms with E-state index in [4.69, 9.17) is 4.74 Å². The molecule has 1 aromatic carbocycles. The van der Waals surface area contributed by atoms with Crippen LogP contribution in [0.2, 0.25) is 0 Å². The number of ether oxygens (including phenoxy) is 1. The summed E-state index contributed by atoms with van der Waals surface area (Å²) in [5, 5.41) is 2.58. The first kappa shape index (κ1) is 18.0. The maximum absolute atomic E-state index is 12.7. The molecule has 1 aromatic rings. The summed E-state index contributed by atoms with van der Waals surface area (Å²) in [7, 11) is 0. The van der Waals surface area contributed by atoms with Crippen LogP contribution >= 0.6 is 15.9 Å². The molecule has 0 saturated heterocycles. The van der Waals surface area contributed by atoms with Gasteiger partial charge in [0.1, 0.15) is 0 Å². The van der Waals surface area contributed by atoms with Crippen LogP contribution in [0.1, 0.15) is 36.7 Å². The molecule has 0 aromatic heterocycles. The minimum Gasteiger partial charge on any atom is -0.374 e. The number of carbonyl (C=O) groups excluding carboxylic acids is 1. The number of rotatable bonds is 5. The van der Waals surface area contributed by atoms with Gasteiger partial charge in [-0.25, -0.2) is 0 Å². The second kappa shape index (κ2) is 6.79. The zero-order valence-electron chi connectivity index (χ0n) is 12.0. The zero-order valence-corrected chi connectivity index (χ0v) is 13.6. The molecule has 7 heteroatoms. The fourth-order valence-electron chi connectivity index (χ4n) is 1.71. The lowest BCUT2D eigenvalue weighted by molar-refractivity contribution is -0.137. The van der Waals surface area contributed by atoms with Gasteiger partial charge in [-0.15, -0.1) is 0 Å². The highest BCUT2D eigenvalue weighted by atomic mass is 79.9. The molecule has 0 atom stereocenters. The summed E-state index contributed by atoms with van der Waals surface area (Å²) in [6, 6.07) is 2.96. The number of amides is 1. The lowest BCUT2D eigenvalue weighted by atomic mass is 10.1. The Bertz CT molecular complexity index is 515. The second-order valence-electron chi connectivity index (χ2n) is 5.07. The van der Waals surface area contributed by atoms with E-state index in [1.165, 1.54) is 6.07 Å². The predicted octanol–water partition coefficient (Wildman–Crippen LogP) is 4.01. The van der Waals surface area contributed by atoms with E-state index in [1.807, 2.05) is 6.92 Å². The van der Waals surface area contributed by atoms with Crippen molar-refractivity contribution in [2.75, 3.05) is 13.2 Å². The molecular formula is C14H17BrF3NO2. The van der Waals surface area contributed by atoms with Crippen molar-refractivity contribution in [3.63, 3.8) is 0 Å². The van der Waals surface area contributed by atoms with Crippen molar-refractivity contribution >= 4 is 21.8 Å². The molecule has 0 fully saturated rings. The van der Waals surface area contributed by atoms with Crippen LogP contribution in [0.4, 0.5) is 13.2 Å². The van der Waals surface area contributed by atoms with E-state index >= 15 is 0 Å². The van der Waals surface area contributed by atoms with Gasteiger partial charge in [-0.05, 0) is 54.9 Å². The Morgan fingerprint density at radius 2 is 1.95 bits per heavy atom. The molecule has 1 rings (SSSR count). The third kappa shape index (κ3) is 5.32.